The van der Waals surface area contributed by atoms with Gasteiger partial charge in [0.2, 0.25) is 0 Å². The van der Waals surface area contributed by atoms with Gasteiger partial charge in [0.1, 0.15) is 0 Å². The lowest BCUT2D eigenvalue weighted by Crippen LogP contribution is -2.22. The first kappa shape index (κ1) is 18.3. The summed E-state index contributed by atoms with van der Waals surface area (Å²) in [6, 6.07) is 13.6. The number of rotatable bonds is 5. The van der Waals surface area contributed by atoms with Crippen molar-refractivity contribution in [1.82, 2.24) is 20.5 Å². The van der Waals surface area contributed by atoms with Gasteiger partial charge in [0.25, 0.3) is 5.91 Å². The molecule has 2 aromatic heterocycles. The molecule has 0 bridgehead atoms. The first-order valence-electron chi connectivity index (χ1n) is 9.79. The zero-order chi connectivity index (χ0) is 19.5. The summed E-state index contributed by atoms with van der Waals surface area (Å²) in [5, 5.41) is 11.5. The number of amides is 1. The lowest BCUT2D eigenvalue weighted by atomic mass is 10.1. The van der Waals surface area contributed by atoms with E-state index in [2.05, 4.69) is 40.4 Å². The smallest absolute Gasteiger partial charge is 0.251 e. The minimum absolute atomic E-state index is 0.0895. The fourth-order valence-electron chi connectivity index (χ4n) is 3.45. The van der Waals surface area contributed by atoms with Crippen molar-refractivity contribution in [2.75, 3.05) is 0 Å². The Balaban J connectivity index is 1.39. The predicted molar refractivity (Wildman–Crippen MR) is 109 cm³/mol. The van der Waals surface area contributed by atoms with Crippen LogP contribution in [0.15, 0.2) is 48.7 Å². The Morgan fingerprint density at radius 1 is 1.07 bits per heavy atom. The van der Waals surface area contributed by atoms with Gasteiger partial charge in [0.05, 0.1) is 11.4 Å². The Kier molecular flexibility index (Phi) is 5.15. The molecule has 1 N–H and O–H groups in total. The van der Waals surface area contributed by atoms with Crippen LogP contribution in [0.2, 0.25) is 0 Å². The monoisotopic (exact) mass is 372 g/mol. The molecule has 4 rings (SSSR count). The largest absolute Gasteiger partial charge is 0.348 e. The maximum atomic E-state index is 12.5. The van der Waals surface area contributed by atoms with Gasteiger partial charge in [-0.1, -0.05) is 32.0 Å². The highest BCUT2D eigenvalue weighted by Crippen LogP contribution is 2.21. The van der Waals surface area contributed by atoms with Crippen LogP contribution in [0, 0.1) is 0 Å². The Morgan fingerprint density at radius 2 is 1.89 bits per heavy atom. The molecule has 3 aromatic rings. The Labute approximate surface area is 165 Å². The van der Waals surface area contributed by atoms with E-state index >= 15 is 0 Å². The number of aryl methyl sites for hydroxylation is 2. The van der Waals surface area contributed by atoms with Gasteiger partial charge in [-0.15, -0.1) is 0 Å². The van der Waals surface area contributed by atoms with E-state index in [0.29, 0.717) is 18.0 Å². The van der Waals surface area contributed by atoms with Crippen LogP contribution < -0.4 is 5.32 Å². The Bertz CT molecular complexity index is 978. The maximum absolute atomic E-state index is 12.5. The number of carbonyl (C=O) groups is 1. The van der Waals surface area contributed by atoms with Crippen LogP contribution in [0.4, 0.5) is 0 Å². The van der Waals surface area contributed by atoms with Crippen molar-refractivity contribution in [2.24, 2.45) is 0 Å². The third kappa shape index (κ3) is 3.93. The zero-order valence-electron chi connectivity index (χ0n) is 16.3. The molecule has 0 spiro atoms. The zero-order valence-corrected chi connectivity index (χ0v) is 16.3. The summed E-state index contributed by atoms with van der Waals surface area (Å²) in [7, 11) is 0. The van der Waals surface area contributed by atoms with E-state index in [1.165, 1.54) is 17.7 Å². The summed E-state index contributed by atoms with van der Waals surface area (Å²) in [6.45, 7) is 4.68. The second kappa shape index (κ2) is 7.89. The van der Waals surface area contributed by atoms with Crippen molar-refractivity contribution in [3.8, 4) is 11.3 Å². The Morgan fingerprint density at radius 3 is 2.61 bits per heavy atom. The molecule has 0 fully saturated rings. The molecule has 5 nitrogen and oxygen atoms in total. The average molecular weight is 372 g/mol. The number of carbonyl (C=O) groups excluding carboxylic acids is 1. The Hall–Kier alpha value is -3.08. The molecule has 1 aliphatic carbocycles. The minimum Gasteiger partial charge on any atom is -0.348 e. The second-order valence-electron chi connectivity index (χ2n) is 7.56. The van der Waals surface area contributed by atoms with E-state index in [0.717, 1.165) is 35.4 Å². The van der Waals surface area contributed by atoms with Gasteiger partial charge in [-0.3, -0.25) is 9.78 Å². The van der Waals surface area contributed by atoms with Crippen LogP contribution >= 0.6 is 0 Å². The van der Waals surface area contributed by atoms with Crippen LogP contribution in [-0.2, 0) is 19.4 Å². The molecule has 0 saturated carbocycles. The number of hydrogen-bond acceptors (Lipinski definition) is 4. The lowest BCUT2D eigenvalue weighted by Gasteiger charge is -2.08. The normalized spacial score (nSPS) is 12.8. The van der Waals surface area contributed by atoms with E-state index in [9.17, 15) is 4.79 Å². The summed E-state index contributed by atoms with van der Waals surface area (Å²) >= 11 is 0. The molecule has 142 valence electrons. The molecular weight excluding hydrogens is 348 g/mol. The van der Waals surface area contributed by atoms with Gasteiger partial charge >= 0.3 is 0 Å². The second-order valence-corrected chi connectivity index (χ2v) is 7.56. The van der Waals surface area contributed by atoms with Crippen molar-refractivity contribution >= 4 is 5.91 Å². The highest BCUT2D eigenvalue weighted by atomic mass is 16.1. The summed E-state index contributed by atoms with van der Waals surface area (Å²) in [5.74, 6) is 0.266. The van der Waals surface area contributed by atoms with E-state index in [4.69, 9.17) is 0 Å². The number of nitrogens with zero attached hydrogens (tertiary/aromatic N) is 3. The van der Waals surface area contributed by atoms with E-state index in [-0.39, 0.29) is 5.91 Å². The first-order valence-corrected chi connectivity index (χ1v) is 9.79. The van der Waals surface area contributed by atoms with E-state index in [1.807, 2.05) is 42.6 Å². The van der Waals surface area contributed by atoms with E-state index in [1.54, 1.807) is 0 Å². The molecule has 1 aromatic carbocycles. The summed E-state index contributed by atoms with van der Waals surface area (Å²) in [5.41, 5.74) is 6.93. The molecule has 1 aliphatic rings. The highest BCUT2D eigenvalue weighted by Gasteiger charge is 2.13. The van der Waals surface area contributed by atoms with Crippen LogP contribution in [0.25, 0.3) is 11.3 Å². The third-order valence-electron chi connectivity index (χ3n) is 5.15. The van der Waals surface area contributed by atoms with Crippen LogP contribution in [-0.4, -0.2) is 21.1 Å². The molecule has 0 radical (unpaired) electrons. The van der Waals surface area contributed by atoms with Crippen LogP contribution in [0.1, 0.15) is 59.1 Å². The molecule has 2 heterocycles. The van der Waals surface area contributed by atoms with Crippen molar-refractivity contribution < 1.29 is 4.79 Å². The number of benzene rings is 1. The minimum atomic E-state index is -0.0895. The molecule has 0 saturated heterocycles. The number of hydrogen-bond donors (Lipinski definition) is 1. The fraction of sp³-hybridized carbons (Fsp3) is 0.304. The average Bonchev–Trinajstić information content (AvgIpc) is 3.20. The number of nitrogens with one attached hydrogen (secondary N) is 1. The van der Waals surface area contributed by atoms with Gasteiger partial charge in [-0.05, 0) is 60.6 Å². The standard InChI is InChI=1S/C23H24N4O/c1-15(2)20-10-11-22(27-26-20)17-6-8-18(9-7-17)23(28)25-14-16-12-19-4-3-5-21(19)24-13-16/h6-13,15H,3-5,14H2,1-2H3,(H,25,28). The van der Waals surface area contributed by atoms with Crippen LogP contribution in [0.5, 0.6) is 0 Å². The molecule has 0 unspecified atom stereocenters. The quantitative estimate of drug-likeness (QED) is 0.733. The fourth-order valence-corrected chi connectivity index (χ4v) is 3.45. The van der Waals surface area contributed by atoms with Crippen molar-refractivity contribution in [2.45, 2.75) is 45.6 Å². The molecule has 5 heteroatoms. The third-order valence-corrected chi connectivity index (χ3v) is 5.15. The highest BCUT2D eigenvalue weighted by molar-refractivity contribution is 5.94. The maximum Gasteiger partial charge on any atom is 0.251 e. The predicted octanol–water partition coefficient (Wildman–Crippen LogP) is 4.08. The molecule has 1 amide bonds. The van der Waals surface area contributed by atoms with Crippen molar-refractivity contribution in [3.63, 3.8) is 0 Å². The van der Waals surface area contributed by atoms with Crippen molar-refractivity contribution in [3.05, 3.63) is 76.7 Å². The number of pyridine rings is 1. The van der Waals surface area contributed by atoms with Gasteiger partial charge in [-0.2, -0.15) is 10.2 Å². The molecular formula is C23H24N4O. The van der Waals surface area contributed by atoms with E-state index < -0.39 is 0 Å². The SMILES string of the molecule is CC(C)c1ccc(-c2ccc(C(=O)NCc3cnc4c(c3)CCC4)cc2)nn1. The molecule has 28 heavy (non-hydrogen) atoms. The van der Waals surface area contributed by atoms with Gasteiger partial charge in [-0.25, -0.2) is 0 Å². The lowest BCUT2D eigenvalue weighted by molar-refractivity contribution is 0.0951. The van der Waals surface area contributed by atoms with Gasteiger partial charge in [0.15, 0.2) is 0 Å². The first-order chi connectivity index (χ1) is 13.6. The number of aromatic nitrogens is 3. The molecule has 0 aliphatic heterocycles. The summed E-state index contributed by atoms with van der Waals surface area (Å²) in [4.78, 5) is 17.0. The van der Waals surface area contributed by atoms with Crippen molar-refractivity contribution in [1.29, 1.82) is 0 Å². The number of fused-ring (bicyclic) bond motifs is 1. The summed E-state index contributed by atoms with van der Waals surface area (Å²) in [6.07, 6.45) is 5.20. The summed E-state index contributed by atoms with van der Waals surface area (Å²) < 4.78 is 0. The van der Waals surface area contributed by atoms with Crippen LogP contribution in [0.3, 0.4) is 0 Å². The van der Waals surface area contributed by atoms with Gasteiger partial charge < -0.3 is 5.32 Å². The topological polar surface area (TPSA) is 67.8 Å². The van der Waals surface area contributed by atoms with Gasteiger partial charge in [0, 0.05) is 29.6 Å². The molecule has 0 atom stereocenters.